The Morgan fingerprint density at radius 1 is 1.19 bits per heavy atom. The maximum absolute atomic E-state index is 12.1. The van der Waals surface area contributed by atoms with E-state index in [1.165, 1.54) is 17.5 Å². The number of aromatic hydroxyl groups is 1. The maximum Gasteiger partial charge on any atom is 0.271 e. The Labute approximate surface area is 160 Å². The van der Waals surface area contributed by atoms with Crippen molar-refractivity contribution in [2.75, 3.05) is 18.0 Å². The normalized spacial score (nSPS) is 15.8. The molecule has 0 bridgehead atoms. The lowest BCUT2D eigenvalue weighted by Gasteiger charge is -2.37. The van der Waals surface area contributed by atoms with E-state index in [0.29, 0.717) is 11.1 Å². The van der Waals surface area contributed by atoms with Crippen LogP contribution in [0.1, 0.15) is 39.9 Å². The zero-order chi connectivity index (χ0) is 18.1. The second-order valence-corrected chi connectivity index (χ2v) is 7.62. The van der Waals surface area contributed by atoms with E-state index in [2.05, 4.69) is 31.4 Å². The molecule has 2 aliphatic heterocycles. The molecule has 0 aliphatic carbocycles. The minimum atomic E-state index is -0.279. The molecule has 2 aromatic carbocycles. The third-order valence-electron chi connectivity index (χ3n) is 5.00. The maximum atomic E-state index is 12.1. The second-order valence-electron chi connectivity index (χ2n) is 6.70. The SMILES string of the molecule is O=C(N/N=C/c1cc2c3c(c1O)CCCN3CCC2)c1ccc(Br)cc1. The zero-order valence-corrected chi connectivity index (χ0v) is 15.9. The fraction of sp³-hybridized carbons (Fsp3) is 0.300. The standard InChI is InChI=1S/C20H20BrN3O2/c21-16-7-5-13(6-8-16)20(26)23-22-12-15-11-14-3-1-9-24-10-2-4-17(18(14)24)19(15)25/h5-8,11-12,25H,1-4,9-10H2,(H,23,26)/b22-12+. The van der Waals surface area contributed by atoms with E-state index in [4.69, 9.17) is 0 Å². The Bertz CT molecular complexity index is 876. The van der Waals surface area contributed by atoms with Gasteiger partial charge < -0.3 is 10.0 Å². The van der Waals surface area contributed by atoms with Crippen molar-refractivity contribution in [2.45, 2.75) is 25.7 Å². The van der Waals surface area contributed by atoms with E-state index in [0.717, 1.165) is 48.8 Å². The molecule has 0 radical (unpaired) electrons. The van der Waals surface area contributed by atoms with Crippen LogP contribution in [-0.4, -0.2) is 30.3 Å². The van der Waals surface area contributed by atoms with Crippen LogP contribution in [0.2, 0.25) is 0 Å². The number of rotatable bonds is 3. The topological polar surface area (TPSA) is 64.9 Å². The Kier molecular flexibility index (Phi) is 4.68. The summed E-state index contributed by atoms with van der Waals surface area (Å²) >= 11 is 3.35. The third-order valence-corrected chi connectivity index (χ3v) is 5.53. The molecule has 1 amide bonds. The second kappa shape index (κ2) is 7.11. The van der Waals surface area contributed by atoms with Crippen LogP contribution in [0.3, 0.4) is 0 Å². The Morgan fingerprint density at radius 2 is 1.92 bits per heavy atom. The van der Waals surface area contributed by atoms with Crippen molar-refractivity contribution in [3.63, 3.8) is 0 Å². The zero-order valence-electron chi connectivity index (χ0n) is 14.3. The Hall–Kier alpha value is -2.34. The van der Waals surface area contributed by atoms with Gasteiger partial charge in [0, 0.05) is 39.9 Å². The molecular formula is C20H20BrN3O2. The van der Waals surface area contributed by atoms with Crippen LogP contribution < -0.4 is 10.3 Å². The molecule has 0 spiro atoms. The molecule has 0 saturated heterocycles. The van der Waals surface area contributed by atoms with Crippen LogP contribution in [-0.2, 0) is 12.8 Å². The Balaban J connectivity index is 1.56. The van der Waals surface area contributed by atoms with Crippen molar-refractivity contribution in [1.82, 2.24) is 5.43 Å². The van der Waals surface area contributed by atoms with Gasteiger partial charge in [0.25, 0.3) is 5.91 Å². The molecule has 2 aromatic rings. The highest BCUT2D eigenvalue weighted by molar-refractivity contribution is 9.10. The van der Waals surface area contributed by atoms with E-state index in [1.807, 2.05) is 18.2 Å². The molecule has 0 fully saturated rings. The van der Waals surface area contributed by atoms with Crippen molar-refractivity contribution in [1.29, 1.82) is 0 Å². The summed E-state index contributed by atoms with van der Waals surface area (Å²) in [5, 5.41) is 14.7. The number of nitrogens with zero attached hydrogens (tertiary/aromatic N) is 2. The summed E-state index contributed by atoms with van der Waals surface area (Å²) in [4.78, 5) is 14.5. The Morgan fingerprint density at radius 3 is 2.69 bits per heavy atom. The number of anilines is 1. The van der Waals surface area contributed by atoms with E-state index >= 15 is 0 Å². The van der Waals surface area contributed by atoms with Crippen LogP contribution in [0.25, 0.3) is 0 Å². The number of aryl methyl sites for hydroxylation is 1. The van der Waals surface area contributed by atoms with Gasteiger partial charge in [0.1, 0.15) is 5.75 Å². The molecule has 4 rings (SSSR count). The van der Waals surface area contributed by atoms with Crippen LogP contribution in [0.4, 0.5) is 5.69 Å². The number of carbonyl (C=O) groups is 1. The average Bonchev–Trinajstić information content (AvgIpc) is 2.66. The number of nitrogens with one attached hydrogen (secondary N) is 1. The highest BCUT2D eigenvalue weighted by Crippen LogP contribution is 2.41. The predicted molar refractivity (Wildman–Crippen MR) is 106 cm³/mol. The van der Waals surface area contributed by atoms with Crippen molar-refractivity contribution in [3.05, 3.63) is 57.1 Å². The monoisotopic (exact) mass is 413 g/mol. The van der Waals surface area contributed by atoms with Crippen LogP contribution in [0.5, 0.6) is 5.75 Å². The first kappa shape index (κ1) is 17.1. The van der Waals surface area contributed by atoms with Gasteiger partial charge in [-0.05, 0) is 61.6 Å². The van der Waals surface area contributed by atoms with Gasteiger partial charge in [-0.3, -0.25) is 4.79 Å². The first-order valence-corrected chi connectivity index (χ1v) is 9.64. The number of benzene rings is 2. The summed E-state index contributed by atoms with van der Waals surface area (Å²) in [6, 6.07) is 9.07. The predicted octanol–water partition coefficient (Wildman–Crippen LogP) is 3.62. The number of phenols is 1. The first-order valence-electron chi connectivity index (χ1n) is 8.85. The largest absolute Gasteiger partial charge is 0.507 e. The molecule has 2 aliphatic rings. The number of hydrazone groups is 1. The lowest BCUT2D eigenvalue weighted by atomic mass is 9.89. The lowest BCUT2D eigenvalue weighted by molar-refractivity contribution is 0.0955. The van der Waals surface area contributed by atoms with Gasteiger partial charge >= 0.3 is 0 Å². The summed E-state index contributed by atoms with van der Waals surface area (Å²) in [6.07, 6.45) is 5.63. The molecular weight excluding hydrogens is 394 g/mol. The summed E-state index contributed by atoms with van der Waals surface area (Å²) in [5.74, 6) is 0.00991. The van der Waals surface area contributed by atoms with Crippen molar-refractivity contribution < 1.29 is 9.90 Å². The van der Waals surface area contributed by atoms with Crippen molar-refractivity contribution in [2.24, 2.45) is 5.10 Å². The van der Waals surface area contributed by atoms with Gasteiger partial charge in [-0.15, -0.1) is 0 Å². The number of phenolic OH excluding ortho intramolecular Hbond substituents is 1. The molecule has 0 atom stereocenters. The highest BCUT2D eigenvalue weighted by Gasteiger charge is 2.27. The fourth-order valence-electron chi connectivity index (χ4n) is 3.79. The number of amides is 1. The van der Waals surface area contributed by atoms with Crippen LogP contribution in [0.15, 0.2) is 39.9 Å². The summed E-state index contributed by atoms with van der Waals surface area (Å²) < 4.78 is 0.916. The molecule has 26 heavy (non-hydrogen) atoms. The van der Waals surface area contributed by atoms with Gasteiger partial charge in [-0.2, -0.15) is 5.10 Å². The minimum absolute atomic E-state index is 0.279. The molecule has 5 nitrogen and oxygen atoms in total. The molecule has 0 unspecified atom stereocenters. The van der Waals surface area contributed by atoms with Crippen molar-refractivity contribution >= 4 is 33.7 Å². The molecule has 6 heteroatoms. The molecule has 134 valence electrons. The number of halogens is 1. The lowest BCUT2D eigenvalue weighted by Crippen LogP contribution is -2.34. The smallest absolute Gasteiger partial charge is 0.271 e. The van der Waals surface area contributed by atoms with Crippen LogP contribution >= 0.6 is 15.9 Å². The fourth-order valence-corrected chi connectivity index (χ4v) is 4.06. The number of hydrogen-bond acceptors (Lipinski definition) is 4. The molecule has 2 heterocycles. The third kappa shape index (κ3) is 3.21. The van der Waals surface area contributed by atoms with Gasteiger partial charge in [0.2, 0.25) is 0 Å². The number of hydrogen-bond donors (Lipinski definition) is 2. The average molecular weight is 414 g/mol. The van der Waals surface area contributed by atoms with E-state index in [9.17, 15) is 9.90 Å². The highest BCUT2D eigenvalue weighted by atomic mass is 79.9. The van der Waals surface area contributed by atoms with E-state index < -0.39 is 0 Å². The summed E-state index contributed by atoms with van der Waals surface area (Å²) in [6.45, 7) is 2.13. The van der Waals surface area contributed by atoms with E-state index in [-0.39, 0.29) is 11.7 Å². The quantitative estimate of drug-likeness (QED) is 0.596. The minimum Gasteiger partial charge on any atom is -0.507 e. The van der Waals surface area contributed by atoms with Gasteiger partial charge in [0.05, 0.1) is 6.21 Å². The first-order chi connectivity index (χ1) is 12.6. The molecule has 0 aromatic heterocycles. The van der Waals surface area contributed by atoms with Crippen LogP contribution in [0, 0.1) is 0 Å². The van der Waals surface area contributed by atoms with Gasteiger partial charge in [-0.25, -0.2) is 5.43 Å². The summed E-state index contributed by atoms with van der Waals surface area (Å²) in [7, 11) is 0. The molecule has 2 N–H and O–H groups in total. The molecule has 0 saturated carbocycles. The van der Waals surface area contributed by atoms with E-state index in [1.54, 1.807) is 12.1 Å². The summed E-state index contributed by atoms with van der Waals surface area (Å²) in [5.41, 5.74) is 7.24. The van der Waals surface area contributed by atoms with Gasteiger partial charge in [-0.1, -0.05) is 15.9 Å². The van der Waals surface area contributed by atoms with Gasteiger partial charge in [0.15, 0.2) is 0 Å². The number of carbonyl (C=O) groups excluding carboxylic acids is 1. The van der Waals surface area contributed by atoms with Crippen molar-refractivity contribution in [3.8, 4) is 5.75 Å².